The molecular weight excluding hydrogens is 346 g/mol. The molecule has 2 rings (SSSR count). The van der Waals surface area contributed by atoms with Crippen molar-refractivity contribution in [3.8, 4) is 0 Å². The lowest BCUT2D eigenvalue weighted by molar-refractivity contribution is -0.115. The molecule has 0 aliphatic rings. The Hall–Kier alpha value is -3.35. The highest BCUT2D eigenvalue weighted by molar-refractivity contribution is 5.95. The maximum atomic E-state index is 12.1. The predicted molar refractivity (Wildman–Crippen MR) is 105 cm³/mol. The van der Waals surface area contributed by atoms with Crippen molar-refractivity contribution in [1.29, 1.82) is 0 Å². The van der Waals surface area contributed by atoms with Gasteiger partial charge in [-0.2, -0.15) is 0 Å². The molecule has 3 N–H and O–H groups in total. The van der Waals surface area contributed by atoms with E-state index in [0.29, 0.717) is 29.2 Å². The third-order valence-corrected chi connectivity index (χ3v) is 3.48. The zero-order valence-electron chi connectivity index (χ0n) is 15.4. The van der Waals surface area contributed by atoms with Gasteiger partial charge in [0.15, 0.2) is 0 Å². The molecule has 0 fully saturated rings. The first-order valence-electron chi connectivity index (χ1n) is 8.66. The fourth-order valence-electron chi connectivity index (χ4n) is 2.27. The number of esters is 1. The van der Waals surface area contributed by atoms with Crippen molar-refractivity contribution in [2.45, 2.75) is 20.3 Å². The molecule has 0 bridgehead atoms. The van der Waals surface area contributed by atoms with Gasteiger partial charge in [-0.3, -0.25) is 9.59 Å². The first kappa shape index (κ1) is 20.0. The average molecular weight is 369 g/mol. The lowest BCUT2D eigenvalue weighted by atomic mass is 10.2. The van der Waals surface area contributed by atoms with Gasteiger partial charge < -0.3 is 20.7 Å². The minimum absolute atomic E-state index is 0.0593. The molecule has 2 amide bonds. The van der Waals surface area contributed by atoms with Crippen LogP contribution >= 0.6 is 0 Å². The Kier molecular flexibility index (Phi) is 7.37. The Bertz CT molecular complexity index is 803. The summed E-state index contributed by atoms with van der Waals surface area (Å²) in [7, 11) is 0. The summed E-state index contributed by atoms with van der Waals surface area (Å²) in [6.45, 7) is 3.80. The summed E-state index contributed by atoms with van der Waals surface area (Å²) in [5.74, 6) is -0.774. The molecule has 2 aromatic carbocycles. The molecule has 0 atom stereocenters. The first-order chi connectivity index (χ1) is 13.0. The van der Waals surface area contributed by atoms with E-state index in [1.807, 2.05) is 6.92 Å². The van der Waals surface area contributed by atoms with Crippen LogP contribution in [0.5, 0.6) is 0 Å². The predicted octanol–water partition coefficient (Wildman–Crippen LogP) is 3.26. The number of hydrogen-bond acceptors (Lipinski definition) is 5. The second-order valence-electron chi connectivity index (χ2n) is 5.88. The van der Waals surface area contributed by atoms with Gasteiger partial charge in [0.25, 0.3) is 0 Å². The smallest absolute Gasteiger partial charge is 0.338 e. The molecule has 0 radical (unpaired) electrons. The molecule has 0 aromatic heterocycles. The van der Waals surface area contributed by atoms with Crippen LogP contribution < -0.4 is 16.0 Å². The minimum Gasteiger partial charge on any atom is -0.462 e. The lowest BCUT2D eigenvalue weighted by Crippen LogP contribution is -2.21. The van der Waals surface area contributed by atoms with Gasteiger partial charge in [-0.15, -0.1) is 0 Å². The van der Waals surface area contributed by atoms with E-state index < -0.39 is 0 Å². The van der Waals surface area contributed by atoms with Gasteiger partial charge in [-0.1, -0.05) is 13.0 Å². The highest BCUT2D eigenvalue weighted by Gasteiger charge is 2.08. The van der Waals surface area contributed by atoms with Crippen LogP contribution in [0, 0.1) is 0 Å². The van der Waals surface area contributed by atoms with Crippen molar-refractivity contribution in [3.63, 3.8) is 0 Å². The quantitative estimate of drug-likeness (QED) is 0.621. The topological polar surface area (TPSA) is 96.5 Å². The van der Waals surface area contributed by atoms with Gasteiger partial charge in [-0.05, 0) is 48.9 Å². The number of rotatable bonds is 8. The van der Waals surface area contributed by atoms with Crippen molar-refractivity contribution in [2.75, 3.05) is 29.1 Å². The van der Waals surface area contributed by atoms with Gasteiger partial charge in [0.1, 0.15) is 0 Å². The standard InChI is InChI=1S/C20H23N3O4/c1-3-11-27-20(26)15-7-9-16(10-8-15)23-19(25)13-21-17-5-4-6-18(12-17)22-14(2)24/h4-10,12,21H,3,11,13H2,1-2H3,(H,22,24)(H,23,25). The summed E-state index contributed by atoms with van der Waals surface area (Å²) < 4.78 is 5.06. The molecule has 0 saturated carbocycles. The molecule has 0 unspecified atom stereocenters. The Balaban J connectivity index is 1.85. The Labute approximate surface area is 158 Å². The van der Waals surface area contributed by atoms with E-state index in [-0.39, 0.29) is 24.3 Å². The van der Waals surface area contributed by atoms with E-state index in [1.54, 1.807) is 48.5 Å². The van der Waals surface area contributed by atoms with Crippen LogP contribution in [0.15, 0.2) is 48.5 Å². The van der Waals surface area contributed by atoms with Gasteiger partial charge in [0, 0.05) is 24.0 Å². The van der Waals surface area contributed by atoms with E-state index in [1.165, 1.54) is 6.92 Å². The van der Waals surface area contributed by atoms with E-state index in [2.05, 4.69) is 16.0 Å². The molecule has 0 saturated heterocycles. The second kappa shape index (κ2) is 9.96. The van der Waals surface area contributed by atoms with Crippen molar-refractivity contribution in [1.82, 2.24) is 0 Å². The summed E-state index contributed by atoms with van der Waals surface area (Å²) in [6, 6.07) is 13.6. The van der Waals surface area contributed by atoms with Gasteiger partial charge >= 0.3 is 5.97 Å². The maximum Gasteiger partial charge on any atom is 0.338 e. The molecule has 2 aromatic rings. The number of nitrogens with one attached hydrogen (secondary N) is 3. The number of amides is 2. The monoisotopic (exact) mass is 369 g/mol. The normalized spacial score (nSPS) is 10.0. The molecule has 7 nitrogen and oxygen atoms in total. The Morgan fingerprint density at radius 1 is 0.926 bits per heavy atom. The Morgan fingerprint density at radius 2 is 1.63 bits per heavy atom. The van der Waals surface area contributed by atoms with Crippen LogP contribution in [-0.2, 0) is 14.3 Å². The molecule has 27 heavy (non-hydrogen) atoms. The fraction of sp³-hybridized carbons (Fsp3) is 0.250. The number of carbonyl (C=O) groups excluding carboxylic acids is 3. The van der Waals surface area contributed by atoms with E-state index in [4.69, 9.17) is 4.74 Å². The summed E-state index contributed by atoms with van der Waals surface area (Å²) in [4.78, 5) is 34.9. The van der Waals surface area contributed by atoms with Crippen LogP contribution in [0.1, 0.15) is 30.6 Å². The van der Waals surface area contributed by atoms with Crippen LogP contribution in [0.2, 0.25) is 0 Å². The van der Waals surface area contributed by atoms with Gasteiger partial charge in [0.2, 0.25) is 11.8 Å². The fourth-order valence-corrected chi connectivity index (χ4v) is 2.27. The number of hydrogen-bond donors (Lipinski definition) is 3. The van der Waals surface area contributed by atoms with Gasteiger partial charge in [0.05, 0.1) is 18.7 Å². The molecule has 0 aliphatic heterocycles. The van der Waals surface area contributed by atoms with Crippen molar-refractivity contribution in [2.24, 2.45) is 0 Å². The van der Waals surface area contributed by atoms with Crippen LogP contribution in [0.25, 0.3) is 0 Å². The first-order valence-corrected chi connectivity index (χ1v) is 8.66. The molecule has 142 valence electrons. The molecule has 0 heterocycles. The Morgan fingerprint density at radius 3 is 2.30 bits per heavy atom. The van der Waals surface area contributed by atoms with Crippen molar-refractivity contribution >= 4 is 34.8 Å². The molecule has 7 heteroatoms. The summed E-state index contributed by atoms with van der Waals surface area (Å²) in [5.41, 5.74) is 2.39. The van der Waals surface area contributed by atoms with E-state index >= 15 is 0 Å². The van der Waals surface area contributed by atoms with Gasteiger partial charge in [-0.25, -0.2) is 4.79 Å². The number of benzene rings is 2. The molecule has 0 spiro atoms. The van der Waals surface area contributed by atoms with Crippen molar-refractivity contribution in [3.05, 3.63) is 54.1 Å². The third-order valence-electron chi connectivity index (χ3n) is 3.48. The zero-order valence-corrected chi connectivity index (χ0v) is 15.4. The largest absolute Gasteiger partial charge is 0.462 e. The van der Waals surface area contributed by atoms with Crippen LogP contribution in [0.3, 0.4) is 0 Å². The van der Waals surface area contributed by atoms with Crippen molar-refractivity contribution < 1.29 is 19.1 Å². The summed E-state index contributed by atoms with van der Waals surface area (Å²) in [6.07, 6.45) is 0.764. The zero-order chi connectivity index (χ0) is 19.6. The van der Waals surface area contributed by atoms with Crippen LogP contribution in [0.4, 0.5) is 17.1 Å². The highest BCUT2D eigenvalue weighted by atomic mass is 16.5. The number of carbonyl (C=O) groups is 3. The second-order valence-corrected chi connectivity index (χ2v) is 5.88. The summed E-state index contributed by atoms with van der Waals surface area (Å²) in [5, 5.41) is 8.42. The maximum absolute atomic E-state index is 12.1. The number of ether oxygens (including phenoxy) is 1. The summed E-state index contributed by atoms with van der Waals surface area (Å²) >= 11 is 0. The molecular formula is C20H23N3O4. The van der Waals surface area contributed by atoms with Crippen LogP contribution in [-0.4, -0.2) is 30.9 Å². The van der Waals surface area contributed by atoms with E-state index in [0.717, 1.165) is 6.42 Å². The average Bonchev–Trinajstić information content (AvgIpc) is 2.65. The number of anilines is 3. The minimum atomic E-state index is -0.379. The lowest BCUT2D eigenvalue weighted by Gasteiger charge is -2.10. The third kappa shape index (κ3) is 6.81. The highest BCUT2D eigenvalue weighted by Crippen LogP contribution is 2.15. The molecule has 0 aliphatic carbocycles. The van der Waals surface area contributed by atoms with E-state index in [9.17, 15) is 14.4 Å². The SMILES string of the molecule is CCCOC(=O)c1ccc(NC(=O)CNc2cccc(NC(C)=O)c2)cc1.